The SMILES string of the molecule is CC(C)C(CNC(=O)C(C)(C)c1ccccc1)C(C)C. The third-order valence-electron chi connectivity index (χ3n) is 4.27. The van der Waals surface area contributed by atoms with Gasteiger partial charge in [-0.05, 0) is 37.2 Å². The van der Waals surface area contributed by atoms with Gasteiger partial charge in [0.05, 0.1) is 5.41 Å². The van der Waals surface area contributed by atoms with Crippen LogP contribution in [0.2, 0.25) is 0 Å². The zero-order chi connectivity index (χ0) is 15.3. The third-order valence-corrected chi connectivity index (χ3v) is 4.27. The maximum absolute atomic E-state index is 12.5. The Bertz CT molecular complexity index is 412. The van der Waals surface area contributed by atoms with E-state index in [1.54, 1.807) is 0 Å². The van der Waals surface area contributed by atoms with Crippen molar-refractivity contribution in [3.05, 3.63) is 35.9 Å². The molecular formula is C18H29NO. The minimum absolute atomic E-state index is 0.106. The molecule has 0 atom stereocenters. The number of carbonyl (C=O) groups excluding carboxylic acids is 1. The normalized spacial score (nSPS) is 12.2. The maximum atomic E-state index is 12.5. The van der Waals surface area contributed by atoms with Gasteiger partial charge in [-0.1, -0.05) is 58.0 Å². The Balaban J connectivity index is 2.71. The van der Waals surface area contributed by atoms with Crippen LogP contribution >= 0.6 is 0 Å². The topological polar surface area (TPSA) is 29.1 Å². The van der Waals surface area contributed by atoms with Crippen molar-refractivity contribution in [3.8, 4) is 0 Å². The highest BCUT2D eigenvalue weighted by atomic mass is 16.2. The first-order chi connectivity index (χ1) is 9.26. The Hall–Kier alpha value is -1.31. The summed E-state index contributed by atoms with van der Waals surface area (Å²) in [5, 5.41) is 3.15. The Morgan fingerprint density at radius 2 is 1.55 bits per heavy atom. The summed E-state index contributed by atoms with van der Waals surface area (Å²) in [7, 11) is 0. The number of nitrogens with one attached hydrogen (secondary N) is 1. The summed E-state index contributed by atoms with van der Waals surface area (Å²) in [6, 6.07) is 9.97. The van der Waals surface area contributed by atoms with E-state index in [1.807, 2.05) is 44.2 Å². The molecule has 2 nitrogen and oxygen atoms in total. The van der Waals surface area contributed by atoms with Crippen LogP contribution in [0, 0.1) is 17.8 Å². The van der Waals surface area contributed by atoms with Crippen LogP contribution in [0.15, 0.2) is 30.3 Å². The lowest BCUT2D eigenvalue weighted by Gasteiger charge is -2.29. The molecule has 1 aromatic carbocycles. The highest BCUT2D eigenvalue weighted by Gasteiger charge is 2.30. The molecule has 0 saturated heterocycles. The Labute approximate surface area is 124 Å². The molecule has 0 bridgehead atoms. The Morgan fingerprint density at radius 1 is 1.05 bits per heavy atom. The van der Waals surface area contributed by atoms with Gasteiger partial charge in [0, 0.05) is 6.54 Å². The van der Waals surface area contributed by atoms with Crippen LogP contribution in [0.4, 0.5) is 0 Å². The van der Waals surface area contributed by atoms with Gasteiger partial charge >= 0.3 is 0 Å². The van der Waals surface area contributed by atoms with Crippen molar-refractivity contribution in [3.63, 3.8) is 0 Å². The molecule has 0 radical (unpaired) electrons. The summed E-state index contributed by atoms with van der Waals surface area (Å²) in [6.45, 7) is 13.6. The first kappa shape index (κ1) is 16.7. The van der Waals surface area contributed by atoms with Crippen LogP contribution in [0.5, 0.6) is 0 Å². The molecule has 0 aliphatic rings. The maximum Gasteiger partial charge on any atom is 0.230 e. The van der Waals surface area contributed by atoms with Gasteiger partial charge < -0.3 is 5.32 Å². The van der Waals surface area contributed by atoms with Gasteiger partial charge in [-0.3, -0.25) is 4.79 Å². The van der Waals surface area contributed by atoms with E-state index in [4.69, 9.17) is 0 Å². The number of amides is 1. The van der Waals surface area contributed by atoms with Crippen LogP contribution in [0.1, 0.15) is 47.1 Å². The van der Waals surface area contributed by atoms with E-state index in [0.29, 0.717) is 17.8 Å². The number of hydrogen-bond donors (Lipinski definition) is 1. The van der Waals surface area contributed by atoms with Crippen LogP contribution < -0.4 is 5.32 Å². The van der Waals surface area contributed by atoms with Gasteiger partial charge in [0.1, 0.15) is 0 Å². The predicted molar refractivity (Wildman–Crippen MR) is 85.6 cm³/mol. The second-order valence-corrected chi connectivity index (χ2v) is 6.85. The molecule has 20 heavy (non-hydrogen) atoms. The highest BCUT2D eigenvalue weighted by Crippen LogP contribution is 2.24. The molecule has 2 heteroatoms. The molecule has 0 saturated carbocycles. The van der Waals surface area contributed by atoms with Gasteiger partial charge in [0.25, 0.3) is 0 Å². The van der Waals surface area contributed by atoms with Crippen molar-refractivity contribution in [1.29, 1.82) is 0 Å². The summed E-state index contributed by atoms with van der Waals surface area (Å²) in [5.74, 6) is 1.78. The molecule has 0 aliphatic carbocycles. The quantitative estimate of drug-likeness (QED) is 0.835. The van der Waals surface area contributed by atoms with Gasteiger partial charge in [0.2, 0.25) is 5.91 Å². The van der Waals surface area contributed by atoms with Gasteiger partial charge in [-0.25, -0.2) is 0 Å². The van der Waals surface area contributed by atoms with E-state index in [2.05, 4.69) is 33.0 Å². The van der Waals surface area contributed by atoms with Gasteiger partial charge in [-0.15, -0.1) is 0 Å². The van der Waals surface area contributed by atoms with Crippen molar-refractivity contribution >= 4 is 5.91 Å². The smallest absolute Gasteiger partial charge is 0.230 e. The molecule has 0 fully saturated rings. The predicted octanol–water partition coefficient (Wildman–Crippen LogP) is 4.01. The lowest BCUT2D eigenvalue weighted by molar-refractivity contribution is -0.126. The van der Waals surface area contributed by atoms with Crippen LogP contribution in [-0.4, -0.2) is 12.5 Å². The number of rotatable bonds is 6. The summed E-state index contributed by atoms with van der Waals surface area (Å²) >= 11 is 0. The number of carbonyl (C=O) groups is 1. The summed E-state index contributed by atoms with van der Waals surface area (Å²) < 4.78 is 0. The van der Waals surface area contributed by atoms with Crippen LogP contribution in [0.25, 0.3) is 0 Å². The first-order valence-electron chi connectivity index (χ1n) is 7.60. The summed E-state index contributed by atoms with van der Waals surface area (Å²) in [5.41, 5.74) is 0.572. The second-order valence-electron chi connectivity index (χ2n) is 6.85. The number of benzene rings is 1. The minimum Gasteiger partial charge on any atom is -0.355 e. The lowest BCUT2D eigenvalue weighted by Crippen LogP contribution is -2.43. The van der Waals surface area contributed by atoms with Crippen molar-refractivity contribution in [2.75, 3.05) is 6.54 Å². The number of hydrogen-bond acceptors (Lipinski definition) is 1. The largest absolute Gasteiger partial charge is 0.355 e. The van der Waals surface area contributed by atoms with E-state index >= 15 is 0 Å². The zero-order valence-corrected chi connectivity index (χ0v) is 13.7. The first-order valence-corrected chi connectivity index (χ1v) is 7.60. The van der Waals surface area contributed by atoms with Gasteiger partial charge in [0.15, 0.2) is 0 Å². The molecule has 1 aromatic rings. The fourth-order valence-electron chi connectivity index (χ4n) is 2.66. The van der Waals surface area contributed by atoms with Crippen LogP contribution in [-0.2, 0) is 10.2 Å². The van der Waals surface area contributed by atoms with Crippen molar-refractivity contribution in [2.24, 2.45) is 17.8 Å². The van der Waals surface area contributed by atoms with Crippen molar-refractivity contribution < 1.29 is 4.79 Å². The van der Waals surface area contributed by atoms with Crippen LogP contribution in [0.3, 0.4) is 0 Å². The Kier molecular flexibility index (Phi) is 5.79. The molecule has 1 N–H and O–H groups in total. The second kappa shape index (κ2) is 6.92. The average molecular weight is 275 g/mol. The molecule has 0 heterocycles. The summed E-state index contributed by atoms with van der Waals surface area (Å²) in [6.07, 6.45) is 0. The Morgan fingerprint density at radius 3 is 2.00 bits per heavy atom. The standard InChI is InChI=1S/C18H29NO/c1-13(2)16(14(3)4)12-19-17(20)18(5,6)15-10-8-7-9-11-15/h7-11,13-14,16H,12H2,1-6H3,(H,19,20). The van der Waals surface area contributed by atoms with E-state index < -0.39 is 5.41 Å². The van der Waals surface area contributed by atoms with Crippen molar-refractivity contribution in [2.45, 2.75) is 47.0 Å². The molecule has 1 amide bonds. The lowest BCUT2D eigenvalue weighted by atomic mass is 9.82. The van der Waals surface area contributed by atoms with E-state index in [9.17, 15) is 4.79 Å². The van der Waals surface area contributed by atoms with E-state index in [1.165, 1.54) is 0 Å². The molecule has 112 valence electrons. The average Bonchev–Trinajstić information content (AvgIpc) is 2.38. The molecule has 0 spiro atoms. The molecule has 0 aromatic heterocycles. The van der Waals surface area contributed by atoms with Gasteiger partial charge in [-0.2, -0.15) is 0 Å². The molecular weight excluding hydrogens is 246 g/mol. The molecule has 0 unspecified atom stereocenters. The zero-order valence-electron chi connectivity index (χ0n) is 13.7. The monoisotopic (exact) mass is 275 g/mol. The fraction of sp³-hybridized carbons (Fsp3) is 0.611. The van der Waals surface area contributed by atoms with Crippen molar-refractivity contribution in [1.82, 2.24) is 5.32 Å². The molecule has 0 aliphatic heterocycles. The van der Waals surface area contributed by atoms with E-state index in [-0.39, 0.29) is 5.91 Å². The summed E-state index contributed by atoms with van der Waals surface area (Å²) in [4.78, 5) is 12.5. The molecule has 1 rings (SSSR count). The third kappa shape index (κ3) is 4.09. The minimum atomic E-state index is -0.486. The fourth-order valence-corrected chi connectivity index (χ4v) is 2.66. The van der Waals surface area contributed by atoms with E-state index in [0.717, 1.165) is 12.1 Å². The highest BCUT2D eigenvalue weighted by molar-refractivity contribution is 5.87.